The Balaban J connectivity index is 3.82. The summed E-state index contributed by atoms with van der Waals surface area (Å²) in [5.41, 5.74) is 0. The minimum atomic E-state index is -2.72. The monoisotopic (exact) mass is 138 g/mol. The van der Waals surface area contributed by atoms with Crippen LogP contribution in [-0.4, -0.2) is 12.2 Å². The predicted molar refractivity (Wildman–Crippen MR) is 33.3 cm³/mol. The molecule has 0 aliphatic heterocycles. The van der Waals surface area contributed by atoms with Gasteiger partial charge in [0.2, 0.25) is 0 Å². The Morgan fingerprint density at radius 2 is 2.00 bits per heavy atom. The molecule has 0 aromatic rings. The molecule has 0 atom stereocenters. The molecule has 0 unspecified atom stereocenters. The van der Waals surface area contributed by atoms with Gasteiger partial charge in [0.05, 0.1) is 0 Å². The van der Waals surface area contributed by atoms with Gasteiger partial charge in [-0.2, -0.15) is 0 Å². The molecule has 0 saturated carbocycles. The van der Waals surface area contributed by atoms with Gasteiger partial charge < -0.3 is 0 Å². The highest BCUT2D eigenvalue weighted by molar-refractivity contribution is 8.02. The number of hydrogen-bond acceptors (Lipinski definition) is 1. The molecule has 0 spiro atoms. The lowest BCUT2D eigenvalue weighted by molar-refractivity contribution is 0.0736. The largest absolute Gasteiger partial charge is 0.275 e. The van der Waals surface area contributed by atoms with Crippen LogP contribution in [-0.2, 0) is 0 Å². The molecule has 3 heteroatoms. The van der Waals surface area contributed by atoms with Gasteiger partial charge in [0.25, 0.3) is 5.92 Å². The number of allylic oxidation sites excluding steroid dienone is 1. The van der Waals surface area contributed by atoms with Crippen molar-refractivity contribution in [1.29, 1.82) is 0 Å². The molecule has 0 aliphatic rings. The van der Waals surface area contributed by atoms with Crippen molar-refractivity contribution in [2.75, 3.05) is 6.26 Å². The van der Waals surface area contributed by atoms with Gasteiger partial charge in [-0.3, -0.25) is 0 Å². The van der Waals surface area contributed by atoms with E-state index in [4.69, 9.17) is 0 Å². The first-order chi connectivity index (χ1) is 3.48. The van der Waals surface area contributed by atoms with E-state index in [1.54, 1.807) is 6.26 Å². The van der Waals surface area contributed by atoms with Crippen molar-refractivity contribution >= 4 is 11.8 Å². The molecule has 0 aromatic heterocycles. The quantitative estimate of drug-likeness (QED) is 0.565. The first kappa shape index (κ1) is 7.95. The molecule has 8 heavy (non-hydrogen) atoms. The molecule has 0 N–H and O–H groups in total. The van der Waals surface area contributed by atoms with Gasteiger partial charge >= 0.3 is 0 Å². The lowest BCUT2D eigenvalue weighted by Gasteiger charge is -2.09. The zero-order valence-electron chi connectivity index (χ0n) is 4.87. The van der Waals surface area contributed by atoms with E-state index >= 15 is 0 Å². The summed E-state index contributed by atoms with van der Waals surface area (Å²) >= 11 is 0.987. The highest BCUT2D eigenvalue weighted by Gasteiger charge is 2.24. The van der Waals surface area contributed by atoms with Crippen molar-refractivity contribution in [2.45, 2.75) is 12.8 Å². The van der Waals surface area contributed by atoms with Crippen LogP contribution in [0.5, 0.6) is 0 Å². The maximum atomic E-state index is 12.0. The maximum absolute atomic E-state index is 12.0. The molecule has 0 nitrogen and oxygen atoms in total. The second kappa shape index (κ2) is 2.49. The second-order valence-corrected chi connectivity index (χ2v) is 2.42. The molecule has 0 radical (unpaired) electrons. The van der Waals surface area contributed by atoms with Crippen LogP contribution in [0.1, 0.15) is 6.92 Å². The van der Waals surface area contributed by atoms with Crippen LogP contribution in [0.25, 0.3) is 0 Å². The minimum Gasteiger partial charge on any atom is -0.201 e. The summed E-state index contributed by atoms with van der Waals surface area (Å²) in [5.74, 6) is -2.72. The summed E-state index contributed by atoms with van der Waals surface area (Å²) < 4.78 is 24.0. The predicted octanol–water partition coefficient (Wildman–Crippen LogP) is 2.52. The molecule has 0 fully saturated rings. The van der Waals surface area contributed by atoms with Gasteiger partial charge in [-0.25, -0.2) is 8.78 Å². The van der Waals surface area contributed by atoms with Crippen molar-refractivity contribution in [3.8, 4) is 0 Å². The third kappa shape index (κ3) is 2.31. The fraction of sp³-hybridized carbons (Fsp3) is 0.600. The van der Waals surface area contributed by atoms with E-state index in [1.807, 2.05) is 0 Å². The first-order valence-electron chi connectivity index (χ1n) is 2.09. The Bertz CT molecular complexity index is 93.1. The normalized spacial score (nSPS) is 11.5. The first-order valence-corrected chi connectivity index (χ1v) is 3.32. The summed E-state index contributed by atoms with van der Waals surface area (Å²) in [6.45, 7) is 4.00. The molecule has 0 rings (SSSR count). The molecular formula is C5H8F2S. The molecule has 0 aromatic carbocycles. The third-order valence-corrected chi connectivity index (χ3v) is 1.59. The fourth-order valence-corrected chi connectivity index (χ4v) is 0.538. The van der Waals surface area contributed by atoms with Crippen LogP contribution in [0.4, 0.5) is 8.78 Å². The third-order valence-electron chi connectivity index (χ3n) is 0.736. The van der Waals surface area contributed by atoms with Crippen LogP contribution in [0, 0.1) is 0 Å². The van der Waals surface area contributed by atoms with Gasteiger partial charge in [0, 0.05) is 11.8 Å². The second-order valence-electron chi connectivity index (χ2n) is 1.52. The summed E-state index contributed by atoms with van der Waals surface area (Å²) in [5, 5.41) is 0. The SMILES string of the molecule is C=C(SC)C(C)(F)F. The summed E-state index contributed by atoms with van der Waals surface area (Å²) in [6, 6.07) is 0. The van der Waals surface area contributed by atoms with E-state index in [0.29, 0.717) is 0 Å². The van der Waals surface area contributed by atoms with Crippen LogP contribution in [0.15, 0.2) is 11.5 Å². The zero-order valence-corrected chi connectivity index (χ0v) is 5.69. The van der Waals surface area contributed by atoms with E-state index in [-0.39, 0.29) is 4.91 Å². The van der Waals surface area contributed by atoms with Crippen LogP contribution in [0.3, 0.4) is 0 Å². The number of thioether (sulfide) groups is 1. The summed E-state index contributed by atoms with van der Waals surface area (Å²) in [7, 11) is 0. The average Bonchev–Trinajstić information content (AvgIpc) is 1.62. The fourth-order valence-electron chi connectivity index (χ4n) is 0.179. The van der Waals surface area contributed by atoms with Crippen molar-refractivity contribution in [3.63, 3.8) is 0 Å². The number of rotatable bonds is 2. The summed E-state index contributed by atoms with van der Waals surface area (Å²) in [6.07, 6.45) is 1.58. The van der Waals surface area contributed by atoms with Crippen LogP contribution in [0.2, 0.25) is 0 Å². The number of alkyl halides is 2. The van der Waals surface area contributed by atoms with E-state index in [1.165, 1.54) is 0 Å². The summed E-state index contributed by atoms with van der Waals surface area (Å²) in [4.78, 5) is -0.0856. The molecule has 0 saturated heterocycles. The molecular weight excluding hydrogens is 130 g/mol. The van der Waals surface area contributed by atoms with Crippen molar-refractivity contribution < 1.29 is 8.78 Å². The lowest BCUT2D eigenvalue weighted by Crippen LogP contribution is -2.09. The standard InChI is InChI=1S/C5H8F2S/c1-4(8-3)5(2,6)7/h1H2,2-3H3. The lowest BCUT2D eigenvalue weighted by atomic mass is 10.4. The highest BCUT2D eigenvalue weighted by Crippen LogP contribution is 2.28. The number of halogens is 2. The van der Waals surface area contributed by atoms with Crippen molar-refractivity contribution in [1.82, 2.24) is 0 Å². The Kier molecular flexibility index (Phi) is 2.47. The van der Waals surface area contributed by atoms with E-state index in [2.05, 4.69) is 6.58 Å². The number of hydrogen-bond donors (Lipinski definition) is 0. The van der Waals surface area contributed by atoms with Gasteiger partial charge in [-0.05, 0) is 6.26 Å². The van der Waals surface area contributed by atoms with Gasteiger partial charge in [-0.1, -0.05) is 6.58 Å². The zero-order chi connectivity index (χ0) is 6.78. The molecule has 0 amide bonds. The smallest absolute Gasteiger partial charge is 0.201 e. The Hall–Kier alpha value is -0.0500. The van der Waals surface area contributed by atoms with Gasteiger partial charge in [-0.15, -0.1) is 11.8 Å². The Morgan fingerprint density at radius 1 is 1.62 bits per heavy atom. The average molecular weight is 138 g/mol. The molecule has 0 bridgehead atoms. The van der Waals surface area contributed by atoms with Gasteiger partial charge in [0.1, 0.15) is 0 Å². The van der Waals surface area contributed by atoms with Crippen LogP contribution >= 0.6 is 11.8 Å². The molecule has 0 heterocycles. The van der Waals surface area contributed by atoms with Crippen molar-refractivity contribution in [3.05, 3.63) is 11.5 Å². The van der Waals surface area contributed by atoms with E-state index < -0.39 is 5.92 Å². The highest BCUT2D eigenvalue weighted by atomic mass is 32.2. The van der Waals surface area contributed by atoms with E-state index in [0.717, 1.165) is 18.7 Å². The Labute approximate surface area is 52.0 Å². The maximum Gasteiger partial charge on any atom is 0.275 e. The van der Waals surface area contributed by atoms with Gasteiger partial charge in [0.15, 0.2) is 0 Å². The molecule has 48 valence electrons. The molecule has 0 aliphatic carbocycles. The van der Waals surface area contributed by atoms with E-state index in [9.17, 15) is 8.78 Å². The van der Waals surface area contributed by atoms with Crippen molar-refractivity contribution in [2.24, 2.45) is 0 Å². The van der Waals surface area contributed by atoms with Crippen LogP contribution < -0.4 is 0 Å². The Morgan fingerprint density at radius 3 is 2.00 bits per heavy atom. The minimum absolute atomic E-state index is 0.0856. The topological polar surface area (TPSA) is 0 Å².